The molecule has 1 aromatic carbocycles. The molecule has 1 aliphatic heterocycles. The Kier molecular flexibility index (Phi) is 4.57. The average Bonchev–Trinajstić information content (AvgIpc) is 2.78. The second-order valence-electron chi connectivity index (χ2n) is 5.32. The molecule has 2 rings (SSSR count). The maximum atomic E-state index is 5.78. The molecule has 1 aromatic rings. The van der Waals surface area contributed by atoms with E-state index in [-0.39, 0.29) is 0 Å². The molecule has 2 N–H and O–H groups in total. The first-order chi connectivity index (χ1) is 8.25. The van der Waals surface area contributed by atoms with Crippen LogP contribution in [0.5, 0.6) is 0 Å². The van der Waals surface area contributed by atoms with E-state index in [1.165, 1.54) is 38.0 Å². The van der Waals surface area contributed by atoms with Crippen molar-refractivity contribution in [1.82, 2.24) is 4.90 Å². The van der Waals surface area contributed by atoms with E-state index in [0.717, 1.165) is 12.3 Å². The summed E-state index contributed by atoms with van der Waals surface area (Å²) in [6.07, 6.45) is 3.69. The minimum absolute atomic E-state index is 0.350. The van der Waals surface area contributed by atoms with Crippen LogP contribution in [0.4, 0.5) is 0 Å². The number of likely N-dealkylation sites (tertiary alicyclic amines) is 1. The van der Waals surface area contributed by atoms with Crippen molar-refractivity contribution in [1.29, 1.82) is 0 Å². The van der Waals surface area contributed by atoms with E-state index in [2.05, 4.69) is 42.2 Å². The topological polar surface area (TPSA) is 29.3 Å². The van der Waals surface area contributed by atoms with Crippen LogP contribution in [-0.4, -0.2) is 30.6 Å². The van der Waals surface area contributed by atoms with Crippen LogP contribution >= 0.6 is 0 Å². The lowest BCUT2D eigenvalue weighted by Gasteiger charge is -2.16. The fraction of sp³-hybridized carbons (Fsp3) is 0.600. The summed E-state index contributed by atoms with van der Waals surface area (Å²) in [7, 11) is 0. The number of benzene rings is 1. The maximum absolute atomic E-state index is 5.78. The van der Waals surface area contributed by atoms with Gasteiger partial charge in [-0.1, -0.05) is 30.3 Å². The minimum atomic E-state index is 0.350. The standard InChI is InChI=1S/C15H24N2/c1-13(16)6-5-10-17-11-9-15(12-17)14-7-3-2-4-8-14/h2-4,7-8,13,15H,5-6,9-12,16H2,1H3. The summed E-state index contributed by atoms with van der Waals surface area (Å²) in [6.45, 7) is 5.78. The molecule has 1 aliphatic rings. The highest BCUT2D eigenvalue weighted by molar-refractivity contribution is 5.20. The molecular weight excluding hydrogens is 208 g/mol. The summed E-state index contributed by atoms with van der Waals surface area (Å²) in [5, 5.41) is 0. The highest BCUT2D eigenvalue weighted by Gasteiger charge is 2.22. The van der Waals surface area contributed by atoms with Crippen LogP contribution in [0, 0.1) is 0 Å². The normalized spacial score (nSPS) is 22.8. The zero-order valence-corrected chi connectivity index (χ0v) is 10.8. The molecule has 0 radical (unpaired) electrons. The third kappa shape index (κ3) is 3.83. The van der Waals surface area contributed by atoms with Gasteiger partial charge >= 0.3 is 0 Å². The molecular formula is C15H24N2. The summed E-state index contributed by atoms with van der Waals surface area (Å²) in [5.41, 5.74) is 7.28. The molecule has 2 nitrogen and oxygen atoms in total. The third-order valence-electron chi connectivity index (χ3n) is 3.68. The predicted molar refractivity (Wildman–Crippen MR) is 73.1 cm³/mol. The SMILES string of the molecule is CC(N)CCCN1CCC(c2ccccc2)C1. The number of hydrogen-bond donors (Lipinski definition) is 1. The van der Waals surface area contributed by atoms with Crippen LogP contribution in [-0.2, 0) is 0 Å². The Labute approximate surface area is 105 Å². The smallest absolute Gasteiger partial charge is 0.00507 e. The van der Waals surface area contributed by atoms with Gasteiger partial charge in [0.1, 0.15) is 0 Å². The van der Waals surface area contributed by atoms with Crippen molar-refractivity contribution < 1.29 is 0 Å². The highest BCUT2D eigenvalue weighted by Crippen LogP contribution is 2.26. The quantitative estimate of drug-likeness (QED) is 0.845. The molecule has 0 amide bonds. The van der Waals surface area contributed by atoms with Gasteiger partial charge in [-0.05, 0) is 50.8 Å². The van der Waals surface area contributed by atoms with Gasteiger partial charge < -0.3 is 10.6 Å². The van der Waals surface area contributed by atoms with E-state index >= 15 is 0 Å². The monoisotopic (exact) mass is 232 g/mol. The highest BCUT2D eigenvalue weighted by atomic mass is 15.1. The molecule has 0 saturated carbocycles. The zero-order valence-electron chi connectivity index (χ0n) is 10.8. The maximum Gasteiger partial charge on any atom is 0.00507 e. The first-order valence-corrected chi connectivity index (χ1v) is 6.78. The van der Waals surface area contributed by atoms with Crippen molar-refractivity contribution in [2.24, 2.45) is 5.73 Å². The van der Waals surface area contributed by atoms with Gasteiger partial charge in [-0.25, -0.2) is 0 Å². The van der Waals surface area contributed by atoms with E-state index in [1.54, 1.807) is 0 Å². The Morgan fingerprint density at radius 2 is 2.12 bits per heavy atom. The number of hydrogen-bond acceptors (Lipinski definition) is 2. The molecule has 0 aromatic heterocycles. The summed E-state index contributed by atoms with van der Waals surface area (Å²) >= 11 is 0. The molecule has 17 heavy (non-hydrogen) atoms. The second-order valence-corrected chi connectivity index (χ2v) is 5.32. The number of rotatable bonds is 5. The number of nitrogens with zero attached hydrogens (tertiary/aromatic N) is 1. The summed E-state index contributed by atoms with van der Waals surface area (Å²) in [6, 6.07) is 11.3. The van der Waals surface area contributed by atoms with Crippen molar-refractivity contribution in [3.05, 3.63) is 35.9 Å². The van der Waals surface area contributed by atoms with Gasteiger partial charge in [0.2, 0.25) is 0 Å². The fourth-order valence-corrected chi connectivity index (χ4v) is 2.67. The fourth-order valence-electron chi connectivity index (χ4n) is 2.67. The van der Waals surface area contributed by atoms with E-state index in [4.69, 9.17) is 5.73 Å². The van der Waals surface area contributed by atoms with Gasteiger partial charge in [0.25, 0.3) is 0 Å². The van der Waals surface area contributed by atoms with Gasteiger partial charge in [0, 0.05) is 12.6 Å². The first-order valence-electron chi connectivity index (χ1n) is 6.78. The Hall–Kier alpha value is -0.860. The van der Waals surface area contributed by atoms with Crippen LogP contribution in [0.1, 0.15) is 37.7 Å². The average molecular weight is 232 g/mol. The molecule has 94 valence electrons. The van der Waals surface area contributed by atoms with Crippen LogP contribution in [0.25, 0.3) is 0 Å². The first kappa shape index (κ1) is 12.6. The van der Waals surface area contributed by atoms with Crippen molar-refractivity contribution in [3.63, 3.8) is 0 Å². The lowest BCUT2D eigenvalue weighted by molar-refractivity contribution is 0.322. The van der Waals surface area contributed by atoms with Crippen LogP contribution < -0.4 is 5.73 Å². The summed E-state index contributed by atoms with van der Waals surface area (Å²) in [5.74, 6) is 0.742. The van der Waals surface area contributed by atoms with Gasteiger partial charge in [0.05, 0.1) is 0 Å². The Balaban J connectivity index is 1.76. The Morgan fingerprint density at radius 1 is 1.35 bits per heavy atom. The van der Waals surface area contributed by atoms with Crippen molar-refractivity contribution in [3.8, 4) is 0 Å². The molecule has 2 heteroatoms. The molecule has 2 unspecified atom stereocenters. The van der Waals surface area contributed by atoms with Gasteiger partial charge in [-0.2, -0.15) is 0 Å². The van der Waals surface area contributed by atoms with Gasteiger partial charge in [0.15, 0.2) is 0 Å². The van der Waals surface area contributed by atoms with Crippen LogP contribution in [0.2, 0.25) is 0 Å². The molecule has 1 fully saturated rings. The largest absolute Gasteiger partial charge is 0.328 e. The van der Waals surface area contributed by atoms with E-state index in [1.807, 2.05) is 0 Å². The third-order valence-corrected chi connectivity index (χ3v) is 3.68. The van der Waals surface area contributed by atoms with E-state index in [0.29, 0.717) is 6.04 Å². The van der Waals surface area contributed by atoms with Crippen molar-refractivity contribution >= 4 is 0 Å². The molecule has 1 saturated heterocycles. The minimum Gasteiger partial charge on any atom is -0.328 e. The number of nitrogens with two attached hydrogens (primary N) is 1. The van der Waals surface area contributed by atoms with Crippen LogP contribution in [0.15, 0.2) is 30.3 Å². The van der Waals surface area contributed by atoms with Crippen LogP contribution in [0.3, 0.4) is 0 Å². The van der Waals surface area contributed by atoms with E-state index in [9.17, 15) is 0 Å². The lowest BCUT2D eigenvalue weighted by Crippen LogP contribution is -2.24. The second kappa shape index (κ2) is 6.18. The zero-order chi connectivity index (χ0) is 12.1. The Morgan fingerprint density at radius 3 is 2.82 bits per heavy atom. The summed E-state index contributed by atoms with van der Waals surface area (Å²) in [4.78, 5) is 2.58. The predicted octanol–water partition coefficient (Wildman–Crippen LogP) is 2.60. The lowest BCUT2D eigenvalue weighted by atomic mass is 9.99. The van der Waals surface area contributed by atoms with Crippen molar-refractivity contribution in [2.45, 2.75) is 38.1 Å². The Bertz CT molecular complexity index is 321. The van der Waals surface area contributed by atoms with Gasteiger partial charge in [-0.15, -0.1) is 0 Å². The van der Waals surface area contributed by atoms with E-state index < -0.39 is 0 Å². The molecule has 2 atom stereocenters. The summed E-state index contributed by atoms with van der Waals surface area (Å²) < 4.78 is 0. The molecule has 0 spiro atoms. The van der Waals surface area contributed by atoms with Gasteiger partial charge in [-0.3, -0.25) is 0 Å². The molecule has 1 heterocycles. The van der Waals surface area contributed by atoms with Crippen molar-refractivity contribution in [2.75, 3.05) is 19.6 Å². The molecule has 0 bridgehead atoms. The molecule has 0 aliphatic carbocycles.